The van der Waals surface area contributed by atoms with E-state index in [9.17, 15) is 0 Å². The number of anilines is 3. The van der Waals surface area contributed by atoms with E-state index < -0.39 is 0 Å². The van der Waals surface area contributed by atoms with Crippen LogP contribution in [0.3, 0.4) is 0 Å². The molecular weight excluding hydrogens is 759 g/mol. The average Bonchev–Trinajstić information content (AvgIpc) is 3.91. The molecule has 286 valence electrons. The molecule has 0 amide bonds. The number of benzene rings is 10. The number of rotatable bonds is 7. The van der Waals surface area contributed by atoms with E-state index in [0.717, 1.165) is 50.1 Å². The van der Waals surface area contributed by atoms with Gasteiger partial charge in [0.1, 0.15) is 11.2 Å². The molecule has 3 heteroatoms. The zero-order valence-electron chi connectivity index (χ0n) is 33.1. The lowest BCUT2D eigenvalue weighted by Gasteiger charge is -2.26. The molecule has 0 aliphatic heterocycles. The van der Waals surface area contributed by atoms with E-state index >= 15 is 0 Å². The van der Waals surface area contributed by atoms with Gasteiger partial charge in [-0.2, -0.15) is 0 Å². The van der Waals surface area contributed by atoms with Gasteiger partial charge in [-0.25, -0.2) is 0 Å². The summed E-state index contributed by atoms with van der Waals surface area (Å²) >= 11 is 1.86. The number of hydrogen-bond donors (Lipinski definition) is 0. The highest BCUT2D eigenvalue weighted by atomic mass is 32.1. The summed E-state index contributed by atoms with van der Waals surface area (Å²) in [5.41, 5.74) is 14.7. The van der Waals surface area contributed by atoms with Crippen molar-refractivity contribution in [1.29, 1.82) is 0 Å². The number of furan rings is 1. The van der Waals surface area contributed by atoms with Crippen LogP contribution in [0.15, 0.2) is 229 Å². The lowest BCUT2D eigenvalue weighted by Crippen LogP contribution is -2.10. The van der Waals surface area contributed by atoms with Crippen molar-refractivity contribution in [3.63, 3.8) is 0 Å². The summed E-state index contributed by atoms with van der Waals surface area (Å²) in [6.07, 6.45) is 0. The Labute approximate surface area is 357 Å². The quantitative estimate of drug-likeness (QED) is 0.160. The lowest BCUT2D eigenvalue weighted by molar-refractivity contribution is 0.669. The fourth-order valence-electron chi connectivity index (χ4n) is 9.10. The first-order chi connectivity index (χ1) is 30.2. The Kier molecular flexibility index (Phi) is 8.39. The Morgan fingerprint density at radius 1 is 0.311 bits per heavy atom. The molecule has 0 unspecified atom stereocenters. The van der Waals surface area contributed by atoms with Crippen LogP contribution in [0.4, 0.5) is 17.1 Å². The smallest absolute Gasteiger partial charge is 0.135 e. The van der Waals surface area contributed by atoms with Crippen LogP contribution >= 0.6 is 11.3 Å². The van der Waals surface area contributed by atoms with Gasteiger partial charge in [0.25, 0.3) is 0 Å². The van der Waals surface area contributed by atoms with Gasteiger partial charge in [-0.05, 0) is 122 Å². The topological polar surface area (TPSA) is 16.4 Å². The minimum Gasteiger partial charge on any atom is -0.456 e. The number of fused-ring (bicyclic) bond motifs is 7. The first-order valence-electron chi connectivity index (χ1n) is 20.7. The highest BCUT2D eigenvalue weighted by Crippen LogP contribution is 2.43. The normalized spacial score (nSPS) is 11.6. The first-order valence-corrected chi connectivity index (χ1v) is 21.5. The molecule has 0 aliphatic carbocycles. The third-order valence-corrected chi connectivity index (χ3v) is 13.2. The third-order valence-electron chi connectivity index (χ3n) is 12.1. The molecule has 0 atom stereocenters. The summed E-state index contributed by atoms with van der Waals surface area (Å²) in [6.45, 7) is 0. The molecule has 0 aliphatic rings. The van der Waals surface area contributed by atoms with E-state index in [1.54, 1.807) is 0 Å². The summed E-state index contributed by atoms with van der Waals surface area (Å²) < 4.78 is 8.81. The molecule has 0 bridgehead atoms. The van der Waals surface area contributed by atoms with E-state index in [4.69, 9.17) is 4.42 Å². The van der Waals surface area contributed by atoms with Crippen molar-refractivity contribution < 1.29 is 4.42 Å². The SMILES string of the molecule is c1cc(-c2ccc3oc4ccccc4c3c2)cc(N(c2ccc(-c3ccc(-c4cccc5ccccc45)cc3)cc2)c2ccc(-c3cccc4sc5ccccc5c34)cc2)c1. The maximum absolute atomic E-state index is 6.18. The number of thiophene rings is 1. The lowest BCUT2D eigenvalue weighted by atomic mass is 9.96. The van der Waals surface area contributed by atoms with Crippen molar-refractivity contribution >= 4 is 81.3 Å². The van der Waals surface area contributed by atoms with Crippen molar-refractivity contribution in [3.05, 3.63) is 224 Å². The minimum absolute atomic E-state index is 0.900. The van der Waals surface area contributed by atoms with E-state index in [0.29, 0.717) is 0 Å². The largest absolute Gasteiger partial charge is 0.456 e. The highest BCUT2D eigenvalue weighted by molar-refractivity contribution is 7.25. The van der Waals surface area contributed by atoms with Crippen LogP contribution in [0.2, 0.25) is 0 Å². The summed E-state index contributed by atoms with van der Waals surface area (Å²) in [7, 11) is 0. The summed E-state index contributed by atoms with van der Waals surface area (Å²) in [5, 5.41) is 7.41. The first kappa shape index (κ1) is 35.2. The Bertz CT molecular complexity index is 3570. The van der Waals surface area contributed by atoms with Gasteiger partial charge in [0.15, 0.2) is 0 Å². The molecule has 0 radical (unpaired) electrons. The van der Waals surface area contributed by atoms with Crippen molar-refractivity contribution in [1.82, 2.24) is 0 Å². The van der Waals surface area contributed by atoms with Crippen LogP contribution in [0.25, 0.3) is 97.4 Å². The standard InChI is InChI=1S/C58H37NOS/c1-2-14-48-40(10-1)11-8-17-49(48)41-24-22-38(23-25-41)39-26-31-45(32-27-39)59(46-33-28-42(29-34-46)50-18-9-21-57-58(50)52-16-4-6-20-56(52)61-57)47-13-7-12-43(36-47)44-30-35-55-53(37-44)51-15-3-5-19-54(51)60-55/h1-37H. The van der Waals surface area contributed by atoms with Gasteiger partial charge in [0, 0.05) is 48.0 Å². The van der Waals surface area contributed by atoms with Crippen molar-refractivity contribution in [2.24, 2.45) is 0 Å². The molecule has 0 saturated carbocycles. The second-order valence-corrected chi connectivity index (χ2v) is 16.8. The predicted molar refractivity (Wildman–Crippen MR) is 261 cm³/mol. The molecule has 0 N–H and O–H groups in total. The zero-order valence-corrected chi connectivity index (χ0v) is 33.9. The number of nitrogens with zero attached hydrogens (tertiary/aromatic N) is 1. The maximum Gasteiger partial charge on any atom is 0.135 e. The van der Waals surface area contributed by atoms with Crippen LogP contribution in [-0.4, -0.2) is 0 Å². The molecule has 0 saturated heterocycles. The summed E-state index contributed by atoms with van der Waals surface area (Å²) in [6, 6.07) is 81.2. The van der Waals surface area contributed by atoms with Crippen LogP contribution in [-0.2, 0) is 0 Å². The van der Waals surface area contributed by atoms with Gasteiger partial charge in [-0.1, -0.05) is 158 Å². The number of hydrogen-bond acceptors (Lipinski definition) is 3. The van der Waals surface area contributed by atoms with Crippen LogP contribution < -0.4 is 4.90 Å². The van der Waals surface area contributed by atoms with Crippen molar-refractivity contribution in [2.45, 2.75) is 0 Å². The zero-order chi connectivity index (χ0) is 40.3. The van der Waals surface area contributed by atoms with Crippen LogP contribution in [0.1, 0.15) is 0 Å². The molecule has 0 spiro atoms. The molecule has 0 fully saturated rings. The van der Waals surface area contributed by atoms with E-state index in [1.165, 1.54) is 64.3 Å². The second-order valence-electron chi connectivity index (χ2n) is 15.7. The minimum atomic E-state index is 0.900. The fraction of sp³-hybridized carbons (Fsp3) is 0. The van der Waals surface area contributed by atoms with E-state index in [2.05, 4.69) is 217 Å². The Hall–Kier alpha value is -7.72. The van der Waals surface area contributed by atoms with Crippen molar-refractivity contribution in [2.75, 3.05) is 4.90 Å². The fourth-order valence-corrected chi connectivity index (χ4v) is 10.2. The van der Waals surface area contributed by atoms with Gasteiger partial charge in [-0.3, -0.25) is 0 Å². The Morgan fingerprint density at radius 2 is 0.852 bits per heavy atom. The molecular formula is C58H37NOS. The van der Waals surface area contributed by atoms with Gasteiger partial charge < -0.3 is 9.32 Å². The average molecular weight is 796 g/mol. The van der Waals surface area contributed by atoms with E-state index in [-0.39, 0.29) is 0 Å². The van der Waals surface area contributed by atoms with Gasteiger partial charge in [0.2, 0.25) is 0 Å². The molecule has 2 heterocycles. The van der Waals surface area contributed by atoms with Crippen LogP contribution in [0.5, 0.6) is 0 Å². The maximum atomic E-state index is 6.18. The second kappa shape index (κ2) is 14.5. The van der Waals surface area contributed by atoms with Gasteiger partial charge >= 0.3 is 0 Å². The Morgan fingerprint density at radius 3 is 1.67 bits per heavy atom. The molecule has 2 nitrogen and oxygen atoms in total. The van der Waals surface area contributed by atoms with E-state index in [1.807, 2.05) is 23.5 Å². The van der Waals surface area contributed by atoms with Crippen LogP contribution in [0, 0.1) is 0 Å². The predicted octanol–water partition coefficient (Wildman–Crippen LogP) is 17.2. The van der Waals surface area contributed by atoms with Crippen molar-refractivity contribution in [3.8, 4) is 44.5 Å². The monoisotopic (exact) mass is 795 g/mol. The molecule has 12 aromatic rings. The summed E-state index contributed by atoms with van der Waals surface area (Å²) in [5.74, 6) is 0. The highest BCUT2D eigenvalue weighted by Gasteiger charge is 2.17. The van der Waals surface area contributed by atoms with Gasteiger partial charge in [0.05, 0.1) is 0 Å². The molecule has 2 aromatic heterocycles. The van der Waals surface area contributed by atoms with Gasteiger partial charge in [-0.15, -0.1) is 11.3 Å². The molecule has 10 aromatic carbocycles. The third kappa shape index (κ3) is 6.18. The molecule has 12 rings (SSSR count). The molecule has 61 heavy (non-hydrogen) atoms. The summed E-state index contributed by atoms with van der Waals surface area (Å²) in [4.78, 5) is 2.37. The Balaban J connectivity index is 0.932. The number of para-hydroxylation sites is 1.